The Labute approximate surface area is 136 Å². The van der Waals surface area contributed by atoms with Crippen LogP contribution in [-0.2, 0) is 4.79 Å². The molecule has 3 aromatic rings. The summed E-state index contributed by atoms with van der Waals surface area (Å²) in [7, 11) is 0. The number of Topliss-reactive ketones (excluding diaryl/α,β-unsaturated/α-hetero) is 1. The maximum absolute atomic E-state index is 12.5. The summed E-state index contributed by atoms with van der Waals surface area (Å²) in [5.74, 6) is 0.0117. The molecule has 0 saturated heterocycles. The first-order valence-electron chi connectivity index (χ1n) is 7.15. The van der Waals surface area contributed by atoms with Gasteiger partial charge < -0.3 is 9.73 Å². The van der Waals surface area contributed by atoms with Gasteiger partial charge in [0.2, 0.25) is 5.91 Å². The highest BCUT2D eigenvalue weighted by atomic mass is 32.1. The van der Waals surface area contributed by atoms with E-state index in [0.717, 1.165) is 5.56 Å². The van der Waals surface area contributed by atoms with Crippen LogP contribution in [0, 0.1) is 0 Å². The van der Waals surface area contributed by atoms with Crippen molar-refractivity contribution < 1.29 is 14.0 Å². The third-order valence-corrected chi connectivity index (χ3v) is 4.61. The first-order valence-corrected chi connectivity index (χ1v) is 8.03. The Balaban J connectivity index is 1.54. The number of fused-ring (bicyclic) bond motifs is 1. The number of nitrogens with one attached hydrogen (secondary N) is 1. The first kappa shape index (κ1) is 13.9. The first-order chi connectivity index (χ1) is 11.2. The largest absolute Gasteiger partial charge is 0.463 e. The van der Waals surface area contributed by atoms with Gasteiger partial charge in [0.1, 0.15) is 5.69 Å². The van der Waals surface area contributed by atoms with Crippen molar-refractivity contribution in [3.05, 3.63) is 59.2 Å². The zero-order valence-electron chi connectivity index (χ0n) is 12.0. The van der Waals surface area contributed by atoms with Crippen molar-refractivity contribution in [3.8, 4) is 11.5 Å². The highest BCUT2D eigenvalue weighted by Crippen LogP contribution is 2.34. The lowest BCUT2D eigenvalue weighted by atomic mass is 10.0. The Morgan fingerprint density at radius 1 is 1.26 bits per heavy atom. The van der Waals surface area contributed by atoms with Gasteiger partial charge in [0.15, 0.2) is 16.7 Å². The lowest BCUT2D eigenvalue weighted by molar-refractivity contribution is -0.117. The van der Waals surface area contributed by atoms with Gasteiger partial charge in [-0.3, -0.25) is 9.59 Å². The van der Waals surface area contributed by atoms with E-state index in [4.69, 9.17) is 4.42 Å². The summed E-state index contributed by atoms with van der Waals surface area (Å²) in [5, 5.41) is 5.12. The minimum atomic E-state index is -0.449. The van der Waals surface area contributed by atoms with Gasteiger partial charge in [-0.25, -0.2) is 4.98 Å². The number of amides is 1. The zero-order chi connectivity index (χ0) is 15.8. The molecule has 0 aliphatic heterocycles. The molecule has 0 fully saturated rings. The lowest BCUT2D eigenvalue weighted by Crippen LogP contribution is -2.19. The van der Waals surface area contributed by atoms with Gasteiger partial charge in [-0.1, -0.05) is 24.3 Å². The number of rotatable bonds is 3. The summed E-state index contributed by atoms with van der Waals surface area (Å²) in [4.78, 5) is 28.8. The topological polar surface area (TPSA) is 72.2 Å². The van der Waals surface area contributed by atoms with Crippen LogP contribution in [0.25, 0.3) is 11.5 Å². The maximum atomic E-state index is 12.5. The highest BCUT2D eigenvalue weighted by molar-refractivity contribution is 7.14. The molecule has 5 nitrogen and oxygen atoms in total. The molecule has 0 radical (unpaired) electrons. The summed E-state index contributed by atoms with van der Waals surface area (Å²) in [6.07, 6.45) is 1.79. The smallest absolute Gasteiger partial charge is 0.234 e. The average molecular weight is 324 g/mol. The van der Waals surface area contributed by atoms with Crippen LogP contribution in [0.15, 0.2) is 52.5 Å². The van der Waals surface area contributed by atoms with Crippen LogP contribution in [-0.4, -0.2) is 16.7 Å². The van der Waals surface area contributed by atoms with Gasteiger partial charge in [0, 0.05) is 17.4 Å². The van der Waals surface area contributed by atoms with Crippen LogP contribution >= 0.6 is 11.3 Å². The number of carbonyl (C=O) groups excluding carboxylic acids is 2. The van der Waals surface area contributed by atoms with Gasteiger partial charge in [-0.05, 0) is 17.7 Å². The fourth-order valence-electron chi connectivity index (χ4n) is 2.76. The standard InChI is InChI=1S/C17H12N2O3S/c20-14-8-12(10-4-1-2-5-11(10)14)16(21)19-17-18-13(9-23-17)15-6-3-7-22-15/h1-7,9,12H,8H2,(H,18,19,21)/t12-/m1/s1. The monoisotopic (exact) mass is 324 g/mol. The predicted molar refractivity (Wildman–Crippen MR) is 86.6 cm³/mol. The molecular weight excluding hydrogens is 312 g/mol. The van der Waals surface area contributed by atoms with E-state index >= 15 is 0 Å². The second kappa shape index (κ2) is 5.48. The number of aromatic nitrogens is 1. The molecule has 6 heteroatoms. The third kappa shape index (κ3) is 2.47. The molecule has 1 amide bonds. The molecule has 114 valence electrons. The Morgan fingerprint density at radius 2 is 2.13 bits per heavy atom. The van der Waals surface area contributed by atoms with Crippen molar-refractivity contribution in [2.75, 3.05) is 5.32 Å². The molecule has 2 aromatic heterocycles. The van der Waals surface area contributed by atoms with E-state index < -0.39 is 5.92 Å². The van der Waals surface area contributed by atoms with Gasteiger partial charge in [0.05, 0.1) is 12.2 Å². The van der Waals surface area contributed by atoms with E-state index in [9.17, 15) is 9.59 Å². The van der Waals surface area contributed by atoms with Crippen molar-refractivity contribution in [2.24, 2.45) is 0 Å². The van der Waals surface area contributed by atoms with E-state index in [1.807, 2.05) is 29.6 Å². The Bertz CT molecular complexity index is 883. The molecule has 0 unspecified atom stereocenters. The summed E-state index contributed by atoms with van der Waals surface area (Å²) in [6, 6.07) is 10.9. The van der Waals surface area contributed by atoms with Crippen LogP contribution in [0.5, 0.6) is 0 Å². The normalized spacial score (nSPS) is 16.3. The number of thiazole rings is 1. The molecule has 1 aliphatic carbocycles. The van der Waals surface area contributed by atoms with Gasteiger partial charge >= 0.3 is 0 Å². The molecule has 2 heterocycles. The summed E-state index contributed by atoms with van der Waals surface area (Å²) in [5.41, 5.74) is 2.11. The summed E-state index contributed by atoms with van der Waals surface area (Å²) < 4.78 is 5.29. The molecule has 0 spiro atoms. The van der Waals surface area contributed by atoms with Crippen molar-refractivity contribution >= 4 is 28.2 Å². The number of ketones is 1. The van der Waals surface area contributed by atoms with Crippen LogP contribution in [0.4, 0.5) is 5.13 Å². The number of nitrogens with zero attached hydrogens (tertiary/aromatic N) is 1. The molecule has 4 rings (SSSR count). The van der Waals surface area contributed by atoms with Crippen molar-refractivity contribution in [1.29, 1.82) is 0 Å². The predicted octanol–water partition coefficient (Wildman–Crippen LogP) is 3.71. The van der Waals surface area contributed by atoms with Crippen molar-refractivity contribution in [2.45, 2.75) is 12.3 Å². The van der Waals surface area contributed by atoms with Crippen molar-refractivity contribution in [3.63, 3.8) is 0 Å². The van der Waals surface area contributed by atoms with Crippen LogP contribution < -0.4 is 5.32 Å². The van der Waals surface area contributed by atoms with E-state index in [-0.39, 0.29) is 18.1 Å². The number of hydrogen-bond donors (Lipinski definition) is 1. The van der Waals surface area contributed by atoms with E-state index in [2.05, 4.69) is 10.3 Å². The zero-order valence-corrected chi connectivity index (χ0v) is 12.8. The number of furan rings is 1. The van der Waals surface area contributed by atoms with Crippen LogP contribution in [0.1, 0.15) is 28.3 Å². The molecule has 0 saturated carbocycles. The van der Waals surface area contributed by atoms with Gasteiger partial charge in [-0.15, -0.1) is 11.3 Å². The second-order valence-corrected chi connectivity index (χ2v) is 6.13. The second-order valence-electron chi connectivity index (χ2n) is 5.27. The van der Waals surface area contributed by atoms with Crippen LogP contribution in [0.2, 0.25) is 0 Å². The molecule has 0 bridgehead atoms. The number of benzene rings is 1. The number of anilines is 1. The summed E-state index contributed by atoms with van der Waals surface area (Å²) in [6.45, 7) is 0. The van der Waals surface area contributed by atoms with E-state index in [1.54, 1.807) is 18.4 Å². The Morgan fingerprint density at radius 3 is 2.96 bits per heavy atom. The highest BCUT2D eigenvalue weighted by Gasteiger charge is 2.34. The van der Waals surface area contributed by atoms with Gasteiger partial charge in [-0.2, -0.15) is 0 Å². The third-order valence-electron chi connectivity index (χ3n) is 3.85. The van der Waals surface area contributed by atoms with E-state index in [0.29, 0.717) is 22.1 Å². The molecule has 23 heavy (non-hydrogen) atoms. The molecule has 1 aliphatic rings. The molecule has 1 atom stereocenters. The van der Waals surface area contributed by atoms with Gasteiger partial charge in [0.25, 0.3) is 0 Å². The maximum Gasteiger partial charge on any atom is 0.234 e. The molecule has 1 aromatic carbocycles. The van der Waals surface area contributed by atoms with Crippen LogP contribution in [0.3, 0.4) is 0 Å². The Hall–Kier alpha value is -2.73. The minimum Gasteiger partial charge on any atom is -0.463 e. The van der Waals surface area contributed by atoms with E-state index in [1.165, 1.54) is 11.3 Å². The fraction of sp³-hybridized carbons (Fsp3) is 0.118. The summed E-state index contributed by atoms with van der Waals surface area (Å²) >= 11 is 1.33. The number of carbonyl (C=O) groups is 2. The van der Waals surface area contributed by atoms with Crippen molar-refractivity contribution in [1.82, 2.24) is 4.98 Å². The molecular formula is C17H12N2O3S. The number of hydrogen-bond acceptors (Lipinski definition) is 5. The lowest BCUT2D eigenvalue weighted by Gasteiger charge is -2.09. The molecule has 1 N–H and O–H groups in total. The fourth-order valence-corrected chi connectivity index (χ4v) is 3.46. The quantitative estimate of drug-likeness (QED) is 0.797. The Kier molecular flexibility index (Phi) is 3.31. The minimum absolute atomic E-state index is 0.0103. The SMILES string of the molecule is O=C1C[C@@H](C(=O)Nc2nc(-c3ccco3)cs2)c2ccccc21. The average Bonchev–Trinajstić information content (AvgIpc) is 3.27.